The molecule has 27 heavy (non-hydrogen) atoms. The summed E-state index contributed by atoms with van der Waals surface area (Å²) in [5, 5.41) is 6.38. The van der Waals surface area contributed by atoms with Crippen LogP contribution in [0.4, 0.5) is 4.79 Å². The van der Waals surface area contributed by atoms with E-state index >= 15 is 0 Å². The number of aryl methyl sites for hydroxylation is 1. The molecule has 1 heterocycles. The maximum Gasteiger partial charge on any atom is 0.413 e. The molecule has 10 heteroatoms. The number of nitrogens with one attached hydrogen (secondary N) is 1. The van der Waals surface area contributed by atoms with Crippen molar-refractivity contribution in [2.45, 2.75) is 13.8 Å². The van der Waals surface area contributed by atoms with Gasteiger partial charge in [0.2, 0.25) is 11.1 Å². The molecule has 0 aliphatic heterocycles. The number of carbonyl (C=O) groups is 3. The van der Waals surface area contributed by atoms with Crippen molar-refractivity contribution < 1.29 is 23.9 Å². The lowest BCUT2D eigenvalue weighted by atomic mass is 10.3. The Morgan fingerprint density at radius 1 is 1.19 bits per heavy atom. The van der Waals surface area contributed by atoms with Crippen LogP contribution in [-0.2, 0) is 14.3 Å². The third kappa shape index (κ3) is 5.38. The number of amides is 2. The molecule has 0 fully saturated rings. The molecule has 2 aromatic rings. The van der Waals surface area contributed by atoms with E-state index in [1.807, 2.05) is 5.32 Å². The minimum absolute atomic E-state index is 0.0798. The van der Waals surface area contributed by atoms with E-state index in [1.54, 1.807) is 38.1 Å². The molecule has 2 rings (SSSR count). The first-order chi connectivity index (χ1) is 12.8. The van der Waals surface area contributed by atoms with E-state index in [0.717, 1.165) is 0 Å². The summed E-state index contributed by atoms with van der Waals surface area (Å²) in [5.74, 6) is -1.99. The molecule has 142 valence electrons. The predicted molar refractivity (Wildman–Crippen MR) is 95.0 cm³/mol. The monoisotopic (exact) mass is 393 g/mol. The van der Waals surface area contributed by atoms with Crippen LogP contribution in [-0.4, -0.2) is 41.0 Å². The van der Waals surface area contributed by atoms with E-state index < -0.39 is 35.7 Å². The molecule has 1 aromatic carbocycles. The van der Waals surface area contributed by atoms with Crippen molar-refractivity contribution >= 4 is 29.6 Å². The number of esters is 1. The highest BCUT2D eigenvalue weighted by atomic mass is 35.5. The van der Waals surface area contributed by atoms with Crippen molar-refractivity contribution in [3.63, 3.8) is 0 Å². The Bertz CT molecular complexity index is 923. The molecule has 0 saturated carbocycles. The van der Waals surface area contributed by atoms with Crippen molar-refractivity contribution in [2.24, 2.45) is 0 Å². The molecule has 0 aliphatic rings. The van der Waals surface area contributed by atoms with Gasteiger partial charge >= 0.3 is 12.1 Å². The Balaban J connectivity index is 2.15. The Morgan fingerprint density at radius 2 is 1.85 bits per heavy atom. The number of halogens is 1. The summed E-state index contributed by atoms with van der Waals surface area (Å²) in [4.78, 5) is 46.8. The fourth-order valence-corrected chi connectivity index (χ4v) is 2.17. The molecule has 1 N–H and O–H groups in total. The Kier molecular flexibility index (Phi) is 6.67. The number of rotatable bonds is 5. The molecule has 0 radical (unpaired) electrons. The zero-order valence-electron chi connectivity index (χ0n) is 14.5. The summed E-state index contributed by atoms with van der Waals surface area (Å²) >= 11 is 5.85. The predicted octanol–water partition coefficient (Wildman–Crippen LogP) is 1.62. The molecule has 0 unspecified atom stereocenters. The number of nitrogens with zero attached hydrogens (tertiary/aromatic N) is 2. The average Bonchev–Trinajstić information content (AvgIpc) is 2.61. The van der Waals surface area contributed by atoms with E-state index in [-0.39, 0.29) is 6.61 Å². The van der Waals surface area contributed by atoms with E-state index in [0.29, 0.717) is 16.4 Å². The molecule has 0 atom stereocenters. The van der Waals surface area contributed by atoms with Gasteiger partial charge in [0, 0.05) is 16.8 Å². The number of benzene rings is 1. The molecule has 0 spiro atoms. The van der Waals surface area contributed by atoms with Crippen LogP contribution in [0.15, 0.2) is 35.1 Å². The lowest BCUT2D eigenvalue weighted by Gasteiger charge is -2.11. The standard InChI is InChI=1S/C17H16ClN3O6/c1-3-26-17(25)19-14(23)9-27-16(24)15-13(22)8-10(2)21(20-15)12-6-4-11(18)5-7-12/h4-8H,3,9H2,1-2H3,(H,19,23,25). The van der Waals surface area contributed by atoms with Crippen LogP contribution in [0.1, 0.15) is 23.1 Å². The van der Waals surface area contributed by atoms with Gasteiger partial charge in [-0.05, 0) is 38.1 Å². The van der Waals surface area contributed by atoms with Crippen molar-refractivity contribution in [1.82, 2.24) is 15.1 Å². The fourth-order valence-electron chi connectivity index (χ4n) is 2.05. The maximum atomic E-state index is 12.1. The van der Waals surface area contributed by atoms with Crippen LogP contribution in [0.25, 0.3) is 5.69 Å². The number of ether oxygens (including phenoxy) is 2. The van der Waals surface area contributed by atoms with Gasteiger partial charge in [0.1, 0.15) is 0 Å². The number of hydrogen-bond donors (Lipinski definition) is 1. The second-order valence-electron chi connectivity index (χ2n) is 5.23. The second kappa shape index (κ2) is 8.95. The zero-order valence-corrected chi connectivity index (χ0v) is 15.3. The number of imide groups is 1. The van der Waals surface area contributed by atoms with Gasteiger partial charge in [-0.1, -0.05) is 11.6 Å². The molecule has 9 nitrogen and oxygen atoms in total. The summed E-state index contributed by atoms with van der Waals surface area (Å²) in [6.45, 7) is 2.52. The highest BCUT2D eigenvalue weighted by Gasteiger charge is 2.19. The third-order valence-electron chi connectivity index (χ3n) is 3.22. The average molecular weight is 394 g/mol. The van der Waals surface area contributed by atoms with Gasteiger partial charge in [0.25, 0.3) is 5.91 Å². The van der Waals surface area contributed by atoms with E-state index in [2.05, 4.69) is 9.84 Å². The summed E-state index contributed by atoms with van der Waals surface area (Å²) in [5.41, 5.74) is -0.0991. The normalized spacial score (nSPS) is 10.2. The van der Waals surface area contributed by atoms with Crippen LogP contribution in [0.5, 0.6) is 0 Å². The van der Waals surface area contributed by atoms with Crippen LogP contribution >= 0.6 is 11.6 Å². The Morgan fingerprint density at radius 3 is 2.48 bits per heavy atom. The topological polar surface area (TPSA) is 117 Å². The fraction of sp³-hybridized carbons (Fsp3) is 0.235. The first-order valence-electron chi connectivity index (χ1n) is 7.82. The van der Waals surface area contributed by atoms with E-state index in [9.17, 15) is 19.2 Å². The van der Waals surface area contributed by atoms with Gasteiger partial charge < -0.3 is 9.47 Å². The van der Waals surface area contributed by atoms with Gasteiger partial charge in [0.05, 0.1) is 12.3 Å². The van der Waals surface area contributed by atoms with Gasteiger partial charge in [0.15, 0.2) is 6.61 Å². The number of carbonyl (C=O) groups excluding carboxylic acids is 3. The quantitative estimate of drug-likeness (QED) is 0.767. The van der Waals surface area contributed by atoms with Crippen molar-refractivity contribution in [2.75, 3.05) is 13.2 Å². The van der Waals surface area contributed by atoms with Gasteiger partial charge in [-0.2, -0.15) is 5.10 Å². The summed E-state index contributed by atoms with van der Waals surface area (Å²) in [6, 6.07) is 7.81. The largest absolute Gasteiger partial charge is 0.451 e. The van der Waals surface area contributed by atoms with Crippen molar-refractivity contribution in [3.8, 4) is 5.69 Å². The summed E-state index contributed by atoms with van der Waals surface area (Å²) < 4.78 is 10.6. The van der Waals surface area contributed by atoms with Gasteiger partial charge in [-0.3, -0.25) is 14.9 Å². The third-order valence-corrected chi connectivity index (χ3v) is 3.48. The van der Waals surface area contributed by atoms with Crippen LogP contribution in [0.3, 0.4) is 0 Å². The molecular formula is C17H16ClN3O6. The SMILES string of the molecule is CCOC(=O)NC(=O)COC(=O)c1nn(-c2ccc(Cl)cc2)c(C)cc1=O. The lowest BCUT2D eigenvalue weighted by Crippen LogP contribution is -2.35. The van der Waals surface area contributed by atoms with E-state index in [1.165, 1.54) is 10.7 Å². The highest BCUT2D eigenvalue weighted by molar-refractivity contribution is 6.30. The number of alkyl carbamates (subject to hydrolysis) is 1. The smallest absolute Gasteiger partial charge is 0.413 e. The van der Waals surface area contributed by atoms with Crippen LogP contribution < -0.4 is 10.7 Å². The summed E-state index contributed by atoms with van der Waals surface area (Å²) in [6.07, 6.45) is -0.961. The molecule has 1 aromatic heterocycles. The van der Waals surface area contributed by atoms with Crippen LogP contribution in [0.2, 0.25) is 5.02 Å². The highest BCUT2D eigenvalue weighted by Crippen LogP contribution is 2.13. The maximum absolute atomic E-state index is 12.1. The van der Waals surface area contributed by atoms with E-state index in [4.69, 9.17) is 16.3 Å². The minimum Gasteiger partial charge on any atom is -0.451 e. The molecule has 0 aliphatic carbocycles. The molecule has 0 bridgehead atoms. The number of aromatic nitrogens is 2. The van der Waals surface area contributed by atoms with Crippen molar-refractivity contribution in [1.29, 1.82) is 0 Å². The molecular weight excluding hydrogens is 378 g/mol. The Labute approximate surface area is 158 Å². The summed E-state index contributed by atoms with van der Waals surface area (Å²) in [7, 11) is 0. The van der Waals surface area contributed by atoms with Gasteiger partial charge in [-0.25, -0.2) is 14.3 Å². The molecule has 0 saturated heterocycles. The van der Waals surface area contributed by atoms with Crippen molar-refractivity contribution in [3.05, 3.63) is 57.0 Å². The lowest BCUT2D eigenvalue weighted by molar-refractivity contribution is -0.123. The van der Waals surface area contributed by atoms with Gasteiger partial charge in [-0.15, -0.1) is 0 Å². The number of hydrogen-bond acceptors (Lipinski definition) is 7. The minimum atomic E-state index is -1.10. The second-order valence-corrected chi connectivity index (χ2v) is 5.67. The van der Waals surface area contributed by atoms with Crippen LogP contribution in [0, 0.1) is 6.92 Å². The first-order valence-corrected chi connectivity index (χ1v) is 8.20. The Hall–Kier alpha value is -3.20. The first kappa shape index (κ1) is 20.1. The molecule has 2 amide bonds. The zero-order chi connectivity index (χ0) is 20.0.